The van der Waals surface area contributed by atoms with E-state index in [1.54, 1.807) is 11.8 Å². The van der Waals surface area contributed by atoms with Crippen LogP contribution in [0.15, 0.2) is 0 Å². The van der Waals surface area contributed by atoms with Crippen LogP contribution in [-0.4, -0.2) is 59.9 Å². The Kier molecular flexibility index (Phi) is 5.38. The van der Waals surface area contributed by atoms with Gasteiger partial charge in [0, 0.05) is 32.0 Å². The van der Waals surface area contributed by atoms with Gasteiger partial charge in [0.25, 0.3) is 0 Å². The van der Waals surface area contributed by atoms with Crippen LogP contribution < -0.4 is 10.6 Å². The molecular formula is C14H24N4O4. The summed E-state index contributed by atoms with van der Waals surface area (Å²) in [4.78, 5) is 11.9. The summed E-state index contributed by atoms with van der Waals surface area (Å²) < 4.78 is 12.2. The Morgan fingerprint density at radius 1 is 1.55 bits per heavy atom. The van der Waals surface area contributed by atoms with Crippen molar-refractivity contribution in [1.29, 1.82) is 0 Å². The van der Waals surface area contributed by atoms with Crippen molar-refractivity contribution in [3.8, 4) is 0 Å². The first-order valence-corrected chi connectivity index (χ1v) is 7.27. The molecule has 3 atom stereocenters. The van der Waals surface area contributed by atoms with Crippen molar-refractivity contribution in [2.45, 2.75) is 32.1 Å². The minimum absolute atomic E-state index is 0.116. The molecule has 0 saturated carbocycles. The van der Waals surface area contributed by atoms with Crippen molar-refractivity contribution in [1.82, 2.24) is 20.4 Å². The van der Waals surface area contributed by atoms with Crippen molar-refractivity contribution >= 4 is 6.03 Å². The van der Waals surface area contributed by atoms with Crippen LogP contribution in [0.4, 0.5) is 4.79 Å². The number of urea groups is 1. The number of aliphatic hydroxyl groups excluding tert-OH is 1. The number of aryl methyl sites for hydroxylation is 2. The Bertz CT molecular complexity index is 531. The quantitative estimate of drug-likeness (QED) is 0.698. The third kappa shape index (κ3) is 3.57. The number of rotatable bonds is 5. The van der Waals surface area contributed by atoms with Gasteiger partial charge < -0.3 is 25.2 Å². The lowest BCUT2D eigenvalue weighted by Gasteiger charge is -2.19. The van der Waals surface area contributed by atoms with Gasteiger partial charge in [-0.15, -0.1) is 0 Å². The van der Waals surface area contributed by atoms with E-state index in [1.165, 1.54) is 0 Å². The fourth-order valence-electron chi connectivity index (χ4n) is 2.68. The summed E-state index contributed by atoms with van der Waals surface area (Å²) >= 11 is 0. The van der Waals surface area contributed by atoms with Crippen LogP contribution in [0.2, 0.25) is 0 Å². The molecule has 1 aromatic rings. The Hall–Kier alpha value is -1.64. The minimum Gasteiger partial charge on any atom is -0.386 e. The monoisotopic (exact) mass is 312 g/mol. The summed E-state index contributed by atoms with van der Waals surface area (Å²) in [5.74, 6) is 0. The maximum atomic E-state index is 11.9. The predicted molar refractivity (Wildman–Crippen MR) is 79.6 cm³/mol. The first kappa shape index (κ1) is 16.7. The molecule has 1 fully saturated rings. The van der Waals surface area contributed by atoms with Crippen LogP contribution >= 0.6 is 0 Å². The number of nitrogens with one attached hydrogen (secondary N) is 2. The van der Waals surface area contributed by atoms with Crippen LogP contribution in [0.1, 0.15) is 23.1 Å². The van der Waals surface area contributed by atoms with Crippen molar-refractivity contribution in [2.75, 3.05) is 26.9 Å². The highest BCUT2D eigenvalue weighted by atomic mass is 16.5. The number of aromatic nitrogens is 2. The first-order chi connectivity index (χ1) is 10.4. The molecule has 1 aliphatic rings. The van der Waals surface area contributed by atoms with E-state index in [1.807, 2.05) is 20.9 Å². The number of amides is 2. The summed E-state index contributed by atoms with van der Waals surface area (Å²) in [6, 6.07) is -0.528. The number of hydrogen-bond acceptors (Lipinski definition) is 5. The average Bonchev–Trinajstić information content (AvgIpc) is 3.01. The number of methoxy groups -OCH3 is 1. The van der Waals surface area contributed by atoms with Gasteiger partial charge in [-0.3, -0.25) is 4.68 Å². The predicted octanol–water partition coefficient (Wildman–Crippen LogP) is -0.217. The van der Waals surface area contributed by atoms with E-state index < -0.39 is 6.10 Å². The number of nitrogens with zero attached hydrogens (tertiary/aromatic N) is 2. The highest BCUT2D eigenvalue weighted by Gasteiger charge is 2.29. The molecule has 1 saturated heterocycles. The van der Waals surface area contributed by atoms with E-state index >= 15 is 0 Å². The van der Waals surface area contributed by atoms with E-state index in [0.29, 0.717) is 13.2 Å². The third-order valence-electron chi connectivity index (χ3n) is 4.00. The highest BCUT2D eigenvalue weighted by molar-refractivity contribution is 5.74. The molecule has 0 radical (unpaired) electrons. The molecule has 0 aliphatic carbocycles. The van der Waals surface area contributed by atoms with Crippen molar-refractivity contribution < 1.29 is 19.4 Å². The zero-order chi connectivity index (χ0) is 16.3. The molecule has 8 nitrogen and oxygen atoms in total. The normalized spacial score (nSPS) is 22.6. The summed E-state index contributed by atoms with van der Waals surface area (Å²) in [5.41, 5.74) is 2.40. The molecule has 1 aliphatic heterocycles. The van der Waals surface area contributed by atoms with Gasteiger partial charge in [-0.05, 0) is 13.8 Å². The van der Waals surface area contributed by atoms with E-state index in [4.69, 9.17) is 9.47 Å². The zero-order valence-corrected chi connectivity index (χ0v) is 13.4. The van der Waals surface area contributed by atoms with E-state index in [0.717, 1.165) is 17.0 Å². The summed E-state index contributed by atoms with van der Waals surface area (Å²) in [5, 5.41) is 20.0. The molecule has 1 unspecified atom stereocenters. The Labute approximate surface area is 129 Å². The summed E-state index contributed by atoms with van der Waals surface area (Å²) in [7, 11) is 3.41. The lowest BCUT2D eigenvalue weighted by Crippen LogP contribution is -2.48. The summed E-state index contributed by atoms with van der Waals surface area (Å²) in [6.45, 7) is 4.74. The van der Waals surface area contributed by atoms with Gasteiger partial charge in [0.1, 0.15) is 6.10 Å². The van der Waals surface area contributed by atoms with Gasteiger partial charge in [0.2, 0.25) is 0 Å². The lowest BCUT2D eigenvalue weighted by molar-refractivity contribution is 0.0744. The van der Waals surface area contributed by atoms with Crippen LogP contribution in [0.5, 0.6) is 0 Å². The fourth-order valence-corrected chi connectivity index (χ4v) is 2.68. The molecule has 22 heavy (non-hydrogen) atoms. The van der Waals surface area contributed by atoms with Gasteiger partial charge in [-0.1, -0.05) is 0 Å². The topological polar surface area (TPSA) is 97.6 Å². The van der Waals surface area contributed by atoms with Gasteiger partial charge in [0.15, 0.2) is 0 Å². The molecule has 2 heterocycles. The van der Waals surface area contributed by atoms with E-state index in [9.17, 15) is 9.90 Å². The molecule has 0 bridgehead atoms. The molecule has 124 valence electrons. The van der Waals surface area contributed by atoms with Crippen LogP contribution in [0, 0.1) is 13.8 Å². The Morgan fingerprint density at radius 3 is 2.86 bits per heavy atom. The molecule has 2 rings (SSSR count). The van der Waals surface area contributed by atoms with Gasteiger partial charge in [-0.2, -0.15) is 5.10 Å². The second-order valence-corrected chi connectivity index (χ2v) is 5.50. The van der Waals surface area contributed by atoms with Crippen LogP contribution in [0.3, 0.4) is 0 Å². The maximum Gasteiger partial charge on any atom is 0.315 e. The van der Waals surface area contributed by atoms with Crippen molar-refractivity contribution in [2.24, 2.45) is 7.05 Å². The third-order valence-corrected chi connectivity index (χ3v) is 4.00. The molecular weight excluding hydrogens is 288 g/mol. The number of carbonyl (C=O) groups excluding carboxylic acids is 1. The molecule has 0 aromatic carbocycles. The molecule has 2 amide bonds. The molecule has 3 N–H and O–H groups in total. The number of aliphatic hydroxyl groups is 1. The second kappa shape index (κ2) is 7.08. The van der Waals surface area contributed by atoms with E-state index in [2.05, 4.69) is 15.7 Å². The van der Waals surface area contributed by atoms with Gasteiger partial charge >= 0.3 is 6.03 Å². The van der Waals surface area contributed by atoms with Crippen LogP contribution in [-0.2, 0) is 16.5 Å². The minimum atomic E-state index is -0.794. The average molecular weight is 312 g/mol. The molecule has 0 spiro atoms. The zero-order valence-electron chi connectivity index (χ0n) is 13.4. The van der Waals surface area contributed by atoms with Gasteiger partial charge in [0.05, 0.1) is 31.1 Å². The smallest absolute Gasteiger partial charge is 0.315 e. The lowest BCUT2D eigenvalue weighted by atomic mass is 10.1. The number of ether oxygens (including phenoxy) is 2. The fraction of sp³-hybridized carbons (Fsp3) is 0.714. The Balaban J connectivity index is 1.85. The molecule has 8 heteroatoms. The second-order valence-electron chi connectivity index (χ2n) is 5.50. The number of hydrogen-bond donors (Lipinski definition) is 3. The highest BCUT2D eigenvalue weighted by Crippen LogP contribution is 2.20. The van der Waals surface area contributed by atoms with E-state index in [-0.39, 0.29) is 24.7 Å². The standard InChI is InChI=1S/C14H24N4O4/c1-8-13(9(2)18(3)17-8)11(19)5-15-14(20)16-10-6-22-7-12(10)21-4/h10-12,19H,5-7H2,1-4H3,(H2,15,16,20)/t10-,11?,12+/m0/s1. The van der Waals surface area contributed by atoms with Crippen LogP contribution in [0.25, 0.3) is 0 Å². The molecule has 1 aromatic heterocycles. The summed E-state index contributed by atoms with van der Waals surface area (Å²) in [6.07, 6.45) is -0.934. The van der Waals surface area contributed by atoms with Gasteiger partial charge in [-0.25, -0.2) is 4.79 Å². The van der Waals surface area contributed by atoms with Crippen molar-refractivity contribution in [3.05, 3.63) is 17.0 Å². The maximum absolute atomic E-state index is 11.9. The Morgan fingerprint density at radius 2 is 2.27 bits per heavy atom. The SMILES string of the molecule is CO[C@@H]1COC[C@@H]1NC(=O)NCC(O)c1c(C)nn(C)c1C. The largest absolute Gasteiger partial charge is 0.386 e. The number of carbonyl (C=O) groups is 1. The van der Waals surface area contributed by atoms with Crippen molar-refractivity contribution in [3.63, 3.8) is 0 Å². The first-order valence-electron chi connectivity index (χ1n) is 7.27.